The molecule has 0 fully saturated rings. The number of nitrogens with one attached hydrogen (secondary N) is 1. The van der Waals surface area contributed by atoms with E-state index in [2.05, 4.69) is 48.3 Å². The van der Waals surface area contributed by atoms with Gasteiger partial charge in [-0.25, -0.2) is 0 Å². The van der Waals surface area contributed by atoms with Gasteiger partial charge in [0.1, 0.15) is 0 Å². The summed E-state index contributed by atoms with van der Waals surface area (Å²) < 4.78 is 0. The average molecular weight is 197 g/mol. The molecule has 0 bridgehead atoms. The van der Waals surface area contributed by atoms with Gasteiger partial charge < -0.3 is 5.32 Å². The highest BCUT2D eigenvalue weighted by molar-refractivity contribution is 5.30. The quantitative estimate of drug-likeness (QED) is 0.732. The SMILES string of the molecule is C[C@H](NCC1=C=CC=C1)c1ccccc1. The van der Waals surface area contributed by atoms with E-state index in [1.54, 1.807) is 0 Å². The average Bonchev–Trinajstić information content (AvgIpc) is 2.80. The van der Waals surface area contributed by atoms with E-state index in [0.717, 1.165) is 6.54 Å². The van der Waals surface area contributed by atoms with Gasteiger partial charge in [0.05, 0.1) is 0 Å². The van der Waals surface area contributed by atoms with Gasteiger partial charge in [-0.3, -0.25) is 0 Å². The summed E-state index contributed by atoms with van der Waals surface area (Å²) in [6, 6.07) is 10.9. The van der Waals surface area contributed by atoms with Crippen LogP contribution in [0.15, 0.2) is 59.9 Å². The molecule has 0 radical (unpaired) electrons. The van der Waals surface area contributed by atoms with E-state index in [9.17, 15) is 0 Å². The Kier molecular flexibility index (Phi) is 3.18. The van der Waals surface area contributed by atoms with Crippen molar-refractivity contribution in [3.05, 3.63) is 65.4 Å². The van der Waals surface area contributed by atoms with Crippen LogP contribution in [0.25, 0.3) is 0 Å². The van der Waals surface area contributed by atoms with E-state index in [1.165, 1.54) is 11.1 Å². The maximum Gasteiger partial charge on any atom is 0.0295 e. The first kappa shape index (κ1) is 9.97. The van der Waals surface area contributed by atoms with Gasteiger partial charge in [-0.15, -0.1) is 5.73 Å². The van der Waals surface area contributed by atoms with Gasteiger partial charge in [0, 0.05) is 18.2 Å². The summed E-state index contributed by atoms with van der Waals surface area (Å²) in [6.45, 7) is 3.06. The van der Waals surface area contributed by atoms with Gasteiger partial charge >= 0.3 is 0 Å². The van der Waals surface area contributed by atoms with Gasteiger partial charge in [0.15, 0.2) is 0 Å². The minimum absolute atomic E-state index is 0.384. The molecule has 76 valence electrons. The van der Waals surface area contributed by atoms with Crippen LogP contribution in [0.4, 0.5) is 0 Å². The summed E-state index contributed by atoms with van der Waals surface area (Å²) in [6.07, 6.45) is 6.05. The predicted octanol–water partition coefficient (Wildman–Crippen LogP) is 2.99. The molecule has 1 aromatic carbocycles. The van der Waals surface area contributed by atoms with Crippen LogP contribution in [-0.4, -0.2) is 6.54 Å². The molecule has 1 aromatic rings. The Hall–Kier alpha value is -1.56. The normalized spacial score (nSPS) is 15.4. The molecule has 1 aliphatic rings. The topological polar surface area (TPSA) is 12.0 Å². The molecule has 0 saturated carbocycles. The van der Waals surface area contributed by atoms with Crippen molar-refractivity contribution >= 4 is 0 Å². The van der Waals surface area contributed by atoms with Crippen molar-refractivity contribution in [1.82, 2.24) is 5.32 Å². The fraction of sp³-hybridized carbons (Fsp3) is 0.214. The standard InChI is InChI=1S/C14H15N/c1-12(14-9-3-2-4-10-14)15-11-13-7-5-6-8-13/h2-7,9-10,12,15H,11H2,1H3/t12-/m0/s1. The van der Waals surface area contributed by atoms with Crippen LogP contribution in [0.5, 0.6) is 0 Å². The fourth-order valence-corrected chi connectivity index (χ4v) is 1.60. The second-order valence-electron chi connectivity index (χ2n) is 3.71. The van der Waals surface area contributed by atoms with E-state index in [-0.39, 0.29) is 0 Å². The number of rotatable bonds is 4. The van der Waals surface area contributed by atoms with Crippen molar-refractivity contribution in [2.75, 3.05) is 6.54 Å². The Morgan fingerprint density at radius 1 is 1.27 bits per heavy atom. The Morgan fingerprint density at radius 2 is 2.07 bits per heavy atom. The third kappa shape index (κ3) is 2.69. The third-order valence-corrected chi connectivity index (χ3v) is 2.56. The van der Waals surface area contributed by atoms with Crippen LogP contribution in [0.2, 0.25) is 0 Å². The minimum Gasteiger partial charge on any atom is -0.306 e. The molecule has 0 spiro atoms. The molecular formula is C14H15N. The van der Waals surface area contributed by atoms with Crippen LogP contribution < -0.4 is 5.32 Å². The molecule has 0 heterocycles. The van der Waals surface area contributed by atoms with Crippen molar-refractivity contribution in [3.8, 4) is 0 Å². The summed E-state index contributed by atoms with van der Waals surface area (Å²) in [4.78, 5) is 0. The van der Waals surface area contributed by atoms with Crippen LogP contribution in [0, 0.1) is 0 Å². The molecule has 2 rings (SSSR count). The molecule has 1 atom stereocenters. The van der Waals surface area contributed by atoms with E-state index >= 15 is 0 Å². The molecule has 0 unspecified atom stereocenters. The first-order chi connectivity index (χ1) is 7.36. The molecule has 1 N–H and O–H groups in total. The Balaban J connectivity index is 1.90. The first-order valence-corrected chi connectivity index (χ1v) is 5.27. The highest BCUT2D eigenvalue weighted by Crippen LogP contribution is 2.11. The lowest BCUT2D eigenvalue weighted by Crippen LogP contribution is -2.20. The molecule has 0 amide bonds. The van der Waals surface area contributed by atoms with Crippen LogP contribution >= 0.6 is 0 Å². The lowest BCUT2D eigenvalue weighted by atomic mass is 10.1. The van der Waals surface area contributed by atoms with Crippen molar-refractivity contribution < 1.29 is 0 Å². The van der Waals surface area contributed by atoms with Gasteiger partial charge in [-0.1, -0.05) is 36.4 Å². The smallest absolute Gasteiger partial charge is 0.0295 e. The molecule has 0 aromatic heterocycles. The van der Waals surface area contributed by atoms with E-state index < -0.39 is 0 Å². The van der Waals surface area contributed by atoms with Crippen molar-refractivity contribution in [1.29, 1.82) is 0 Å². The second kappa shape index (κ2) is 4.79. The summed E-state index contributed by atoms with van der Waals surface area (Å²) >= 11 is 0. The Labute approximate surface area is 90.8 Å². The lowest BCUT2D eigenvalue weighted by Gasteiger charge is -2.13. The van der Waals surface area contributed by atoms with Gasteiger partial charge in [0.25, 0.3) is 0 Å². The number of hydrogen-bond acceptors (Lipinski definition) is 1. The highest BCUT2D eigenvalue weighted by atomic mass is 14.9. The van der Waals surface area contributed by atoms with Crippen LogP contribution in [-0.2, 0) is 0 Å². The second-order valence-corrected chi connectivity index (χ2v) is 3.71. The zero-order valence-corrected chi connectivity index (χ0v) is 8.90. The van der Waals surface area contributed by atoms with Crippen molar-refractivity contribution in [2.45, 2.75) is 13.0 Å². The predicted molar refractivity (Wildman–Crippen MR) is 63.6 cm³/mol. The molecular weight excluding hydrogens is 182 g/mol. The van der Waals surface area contributed by atoms with Crippen molar-refractivity contribution in [3.63, 3.8) is 0 Å². The fourth-order valence-electron chi connectivity index (χ4n) is 1.60. The van der Waals surface area contributed by atoms with E-state index in [1.807, 2.05) is 18.2 Å². The number of allylic oxidation sites excluding steroid dienone is 1. The van der Waals surface area contributed by atoms with Gasteiger partial charge in [0.2, 0.25) is 0 Å². The van der Waals surface area contributed by atoms with Gasteiger partial charge in [-0.05, 0) is 24.6 Å². The number of benzene rings is 1. The van der Waals surface area contributed by atoms with Crippen molar-refractivity contribution in [2.24, 2.45) is 0 Å². The van der Waals surface area contributed by atoms with Crippen LogP contribution in [0.1, 0.15) is 18.5 Å². The van der Waals surface area contributed by atoms with E-state index in [0.29, 0.717) is 6.04 Å². The largest absolute Gasteiger partial charge is 0.306 e. The Morgan fingerprint density at radius 3 is 2.73 bits per heavy atom. The maximum atomic E-state index is 3.47. The lowest BCUT2D eigenvalue weighted by molar-refractivity contribution is 0.611. The Bertz CT molecular complexity index is 408. The van der Waals surface area contributed by atoms with Gasteiger partial charge in [-0.2, -0.15) is 0 Å². The first-order valence-electron chi connectivity index (χ1n) is 5.27. The molecule has 1 heteroatoms. The zero-order chi connectivity index (χ0) is 10.5. The summed E-state index contributed by atoms with van der Waals surface area (Å²) in [5.41, 5.74) is 5.72. The molecule has 15 heavy (non-hydrogen) atoms. The highest BCUT2D eigenvalue weighted by Gasteiger charge is 2.04. The molecule has 1 nitrogen and oxygen atoms in total. The monoisotopic (exact) mass is 197 g/mol. The van der Waals surface area contributed by atoms with Crippen LogP contribution in [0.3, 0.4) is 0 Å². The third-order valence-electron chi connectivity index (χ3n) is 2.56. The maximum absolute atomic E-state index is 3.47. The molecule has 1 aliphatic carbocycles. The summed E-state index contributed by atoms with van der Waals surface area (Å²) in [5.74, 6) is 0. The number of hydrogen-bond donors (Lipinski definition) is 1. The summed E-state index contributed by atoms with van der Waals surface area (Å²) in [7, 11) is 0. The molecule has 0 aliphatic heterocycles. The zero-order valence-electron chi connectivity index (χ0n) is 8.90. The minimum atomic E-state index is 0.384. The molecule has 0 saturated heterocycles. The van der Waals surface area contributed by atoms with E-state index in [4.69, 9.17) is 0 Å². The summed E-state index contributed by atoms with van der Waals surface area (Å²) in [5, 5.41) is 3.47.